The van der Waals surface area contributed by atoms with Crippen LogP contribution in [0.25, 0.3) is 0 Å². The summed E-state index contributed by atoms with van der Waals surface area (Å²) in [7, 11) is 0. The van der Waals surface area contributed by atoms with Crippen molar-refractivity contribution in [2.75, 3.05) is 26.2 Å². The van der Waals surface area contributed by atoms with Crippen molar-refractivity contribution < 1.29 is 18.7 Å². The second kappa shape index (κ2) is 10.6. The zero-order valence-electron chi connectivity index (χ0n) is 16.1. The van der Waals surface area contributed by atoms with Gasteiger partial charge >= 0.3 is 6.03 Å². The van der Waals surface area contributed by atoms with Crippen LogP contribution in [-0.2, 0) is 17.8 Å². The average molecular weight is 456 g/mol. The first-order chi connectivity index (χ1) is 14.4. The number of amides is 3. The molecule has 1 aliphatic heterocycles. The number of nitrogens with two attached hydrogens (primary N) is 1. The number of urea groups is 1. The zero-order chi connectivity index (χ0) is 21.5. The number of rotatable bonds is 7. The molecule has 1 fully saturated rings. The van der Waals surface area contributed by atoms with Crippen molar-refractivity contribution in [2.24, 2.45) is 5.84 Å². The van der Waals surface area contributed by atoms with Gasteiger partial charge in [-0.05, 0) is 23.8 Å². The topological polar surface area (TPSA) is 122 Å². The van der Waals surface area contributed by atoms with E-state index in [1.54, 1.807) is 6.07 Å². The Morgan fingerprint density at radius 1 is 1.20 bits per heavy atom. The molecule has 9 nitrogen and oxygen atoms in total. The molecule has 1 aliphatic rings. The van der Waals surface area contributed by atoms with E-state index in [0.29, 0.717) is 35.5 Å². The Balaban J connectivity index is 1.40. The van der Waals surface area contributed by atoms with Gasteiger partial charge in [0.25, 0.3) is 5.91 Å². The monoisotopic (exact) mass is 455 g/mol. The number of morpholine rings is 1. The number of benzene rings is 1. The average Bonchev–Trinajstić information content (AvgIpc) is 3.22. The van der Waals surface area contributed by atoms with E-state index in [-0.39, 0.29) is 24.2 Å². The van der Waals surface area contributed by atoms with Gasteiger partial charge in [-0.15, -0.1) is 0 Å². The van der Waals surface area contributed by atoms with Gasteiger partial charge in [0.1, 0.15) is 12.0 Å². The first-order valence-electron chi connectivity index (χ1n) is 9.32. The van der Waals surface area contributed by atoms with Crippen molar-refractivity contribution in [3.63, 3.8) is 0 Å². The van der Waals surface area contributed by atoms with E-state index in [2.05, 4.69) is 15.5 Å². The van der Waals surface area contributed by atoms with Crippen LogP contribution in [0.4, 0.5) is 4.79 Å². The lowest BCUT2D eigenvalue weighted by molar-refractivity contribution is -0.0287. The van der Waals surface area contributed by atoms with E-state index >= 15 is 0 Å². The molecule has 0 bridgehead atoms. The molecule has 3 rings (SSSR count). The highest BCUT2D eigenvalue weighted by molar-refractivity contribution is 6.42. The molecule has 0 radical (unpaired) electrons. The summed E-state index contributed by atoms with van der Waals surface area (Å²) in [4.78, 5) is 25.7. The lowest BCUT2D eigenvalue weighted by Gasteiger charge is -2.33. The van der Waals surface area contributed by atoms with Crippen LogP contribution in [0.5, 0.6) is 0 Å². The minimum Gasteiger partial charge on any atom is -0.467 e. The fourth-order valence-corrected chi connectivity index (χ4v) is 3.38. The predicted octanol–water partition coefficient (Wildman–Crippen LogP) is 1.89. The van der Waals surface area contributed by atoms with Crippen molar-refractivity contribution in [2.45, 2.75) is 19.2 Å². The molecular weight excluding hydrogens is 433 g/mol. The Morgan fingerprint density at radius 2 is 2.03 bits per heavy atom. The Hall–Kier alpha value is -2.30. The maximum atomic E-state index is 12.0. The van der Waals surface area contributed by atoms with Crippen molar-refractivity contribution in [1.29, 1.82) is 0 Å². The van der Waals surface area contributed by atoms with Crippen LogP contribution in [0.1, 0.15) is 21.7 Å². The highest BCUT2D eigenvalue weighted by atomic mass is 35.5. The lowest BCUT2D eigenvalue weighted by atomic mass is 10.2. The molecule has 1 atom stereocenters. The van der Waals surface area contributed by atoms with Crippen molar-refractivity contribution in [3.05, 3.63) is 57.5 Å². The SMILES string of the molecule is NNC(=O)c1coc(CNC(=O)NCC2CN(Cc3ccc(Cl)c(Cl)c3)CCO2)c1. The summed E-state index contributed by atoms with van der Waals surface area (Å²) in [5.74, 6) is 5.04. The number of hydrazine groups is 1. The number of halogens is 2. The Labute approximate surface area is 183 Å². The van der Waals surface area contributed by atoms with E-state index in [0.717, 1.165) is 18.7 Å². The van der Waals surface area contributed by atoms with Gasteiger partial charge in [-0.1, -0.05) is 29.3 Å². The van der Waals surface area contributed by atoms with Crippen LogP contribution in [0.2, 0.25) is 10.0 Å². The van der Waals surface area contributed by atoms with Crippen LogP contribution in [0, 0.1) is 0 Å². The molecule has 1 saturated heterocycles. The molecule has 1 unspecified atom stereocenters. The molecular formula is C19H23Cl2N5O4. The van der Waals surface area contributed by atoms with Gasteiger partial charge in [-0.2, -0.15) is 0 Å². The second-order valence-electron chi connectivity index (χ2n) is 6.82. The number of hydrogen-bond donors (Lipinski definition) is 4. The first-order valence-corrected chi connectivity index (χ1v) is 10.1. The minimum atomic E-state index is -0.464. The third kappa shape index (κ3) is 6.35. The zero-order valence-corrected chi connectivity index (χ0v) is 17.6. The quantitative estimate of drug-likeness (QED) is 0.287. The largest absolute Gasteiger partial charge is 0.467 e. The highest BCUT2D eigenvalue weighted by Gasteiger charge is 2.21. The molecule has 0 spiro atoms. The second-order valence-corrected chi connectivity index (χ2v) is 7.63. The number of nitrogens with zero attached hydrogens (tertiary/aromatic N) is 1. The number of ether oxygens (including phenoxy) is 1. The number of nitrogen functional groups attached to an aromatic ring is 1. The molecule has 0 aliphatic carbocycles. The van der Waals surface area contributed by atoms with Crippen LogP contribution < -0.4 is 21.9 Å². The summed E-state index contributed by atoms with van der Waals surface area (Å²) >= 11 is 12.0. The van der Waals surface area contributed by atoms with E-state index in [1.807, 2.05) is 17.6 Å². The summed E-state index contributed by atoms with van der Waals surface area (Å²) in [6.45, 7) is 3.27. The van der Waals surface area contributed by atoms with Gasteiger partial charge < -0.3 is 19.8 Å². The van der Waals surface area contributed by atoms with E-state index in [4.69, 9.17) is 38.2 Å². The molecule has 5 N–H and O–H groups in total. The van der Waals surface area contributed by atoms with Gasteiger partial charge in [-0.3, -0.25) is 15.1 Å². The molecule has 1 aromatic carbocycles. The summed E-state index contributed by atoms with van der Waals surface area (Å²) in [6, 6.07) is 6.74. The van der Waals surface area contributed by atoms with E-state index < -0.39 is 5.91 Å². The van der Waals surface area contributed by atoms with Crippen molar-refractivity contribution >= 4 is 35.1 Å². The van der Waals surface area contributed by atoms with Crippen molar-refractivity contribution in [1.82, 2.24) is 21.0 Å². The summed E-state index contributed by atoms with van der Waals surface area (Å²) in [6.07, 6.45) is 1.14. The maximum Gasteiger partial charge on any atom is 0.315 e. The Kier molecular flexibility index (Phi) is 7.94. The third-order valence-corrected chi connectivity index (χ3v) is 5.31. The lowest BCUT2D eigenvalue weighted by Crippen LogP contribution is -2.48. The Morgan fingerprint density at radius 3 is 2.80 bits per heavy atom. The number of nitrogens with one attached hydrogen (secondary N) is 3. The molecule has 0 saturated carbocycles. The maximum absolute atomic E-state index is 12.0. The Bertz CT molecular complexity index is 892. The summed E-state index contributed by atoms with van der Waals surface area (Å²) in [5.41, 5.74) is 3.36. The molecule has 2 heterocycles. The van der Waals surface area contributed by atoms with Gasteiger partial charge in [0.05, 0.1) is 34.9 Å². The van der Waals surface area contributed by atoms with Crippen LogP contribution >= 0.6 is 23.2 Å². The van der Waals surface area contributed by atoms with Crippen molar-refractivity contribution in [3.8, 4) is 0 Å². The standard InChI is InChI=1S/C19H23Cl2N5O4/c20-16-2-1-12(5-17(16)21)9-26-3-4-29-15(10-26)8-24-19(28)23-7-14-6-13(11-30-14)18(27)25-22/h1-2,5-6,11,15H,3-4,7-10,22H2,(H,25,27)(H2,23,24,28). The molecule has 30 heavy (non-hydrogen) atoms. The van der Waals surface area contributed by atoms with Gasteiger partial charge in [-0.25, -0.2) is 10.6 Å². The third-order valence-electron chi connectivity index (χ3n) is 4.57. The van der Waals surface area contributed by atoms with Crippen LogP contribution in [0.3, 0.4) is 0 Å². The van der Waals surface area contributed by atoms with Gasteiger partial charge in [0.2, 0.25) is 0 Å². The summed E-state index contributed by atoms with van der Waals surface area (Å²) < 4.78 is 10.9. The molecule has 3 amide bonds. The number of carbonyl (C=O) groups excluding carboxylic acids is 2. The number of furan rings is 1. The number of carbonyl (C=O) groups is 2. The molecule has 11 heteroatoms. The molecule has 1 aromatic heterocycles. The highest BCUT2D eigenvalue weighted by Crippen LogP contribution is 2.23. The summed E-state index contributed by atoms with van der Waals surface area (Å²) in [5, 5.41) is 6.51. The predicted molar refractivity (Wildman–Crippen MR) is 112 cm³/mol. The smallest absolute Gasteiger partial charge is 0.315 e. The van der Waals surface area contributed by atoms with Crippen LogP contribution in [-0.4, -0.2) is 49.2 Å². The van der Waals surface area contributed by atoms with E-state index in [1.165, 1.54) is 12.3 Å². The van der Waals surface area contributed by atoms with Gasteiger partial charge in [0, 0.05) is 26.2 Å². The van der Waals surface area contributed by atoms with Crippen LogP contribution in [0.15, 0.2) is 34.9 Å². The first kappa shape index (κ1) is 22.4. The van der Waals surface area contributed by atoms with Gasteiger partial charge in [0.15, 0.2) is 0 Å². The number of hydrogen-bond acceptors (Lipinski definition) is 6. The van der Waals surface area contributed by atoms with E-state index in [9.17, 15) is 9.59 Å². The fraction of sp³-hybridized carbons (Fsp3) is 0.368. The normalized spacial score (nSPS) is 16.8. The fourth-order valence-electron chi connectivity index (χ4n) is 3.06. The molecule has 2 aromatic rings. The molecule has 162 valence electrons. The minimum absolute atomic E-state index is 0.129.